The molecule has 1 N–H and O–H groups in total. The highest BCUT2D eigenvalue weighted by atomic mass is 32.2. The van der Waals surface area contributed by atoms with Crippen LogP contribution in [0.15, 0.2) is 22.5 Å². The number of amides is 1. The van der Waals surface area contributed by atoms with Crippen molar-refractivity contribution in [3.8, 4) is 0 Å². The van der Waals surface area contributed by atoms with Gasteiger partial charge in [-0.25, -0.2) is 8.42 Å². The zero-order chi connectivity index (χ0) is 20.2. The fourth-order valence-electron chi connectivity index (χ4n) is 2.55. The molecule has 0 saturated carbocycles. The molecule has 1 atom stereocenters. The number of nitrogens with one attached hydrogen (secondary N) is 1. The Morgan fingerprint density at radius 2 is 1.96 bits per heavy atom. The molecule has 0 aliphatic carbocycles. The zero-order valence-corrected chi connectivity index (χ0v) is 18.5. The Hall–Kier alpha value is -1.65. The number of anilines is 2. The largest absolute Gasteiger partial charge is 0.299 e. The maximum absolute atomic E-state index is 12.8. The van der Waals surface area contributed by atoms with Gasteiger partial charge in [-0.1, -0.05) is 43.0 Å². The number of aryl methyl sites for hydroxylation is 2. The molecule has 0 saturated heterocycles. The van der Waals surface area contributed by atoms with E-state index < -0.39 is 22.0 Å². The Morgan fingerprint density at radius 1 is 1.26 bits per heavy atom. The number of benzene rings is 1. The quantitative estimate of drug-likeness (QED) is 0.511. The average Bonchev–Trinajstić information content (AvgIpc) is 3.01. The third-order valence-corrected chi connectivity index (χ3v) is 7.01. The summed E-state index contributed by atoms with van der Waals surface area (Å²) in [6, 6.07) is 4.48. The predicted molar refractivity (Wildman–Crippen MR) is 112 cm³/mol. The van der Waals surface area contributed by atoms with Crippen molar-refractivity contribution in [2.75, 3.05) is 21.6 Å². The minimum Gasteiger partial charge on any atom is -0.299 e. The first-order chi connectivity index (χ1) is 12.7. The van der Waals surface area contributed by atoms with Crippen molar-refractivity contribution in [3.05, 3.63) is 29.3 Å². The maximum Gasteiger partial charge on any atom is 0.250 e. The minimum atomic E-state index is -3.66. The van der Waals surface area contributed by atoms with Crippen LogP contribution in [0.25, 0.3) is 0 Å². The number of thioether (sulfide) groups is 1. The normalized spacial score (nSPS) is 12.6. The second-order valence-electron chi connectivity index (χ2n) is 6.05. The van der Waals surface area contributed by atoms with Crippen LogP contribution in [0.3, 0.4) is 0 Å². The van der Waals surface area contributed by atoms with Crippen molar-refractivity contribution in [2.45, 2.75) is 44.5 Å². The molecule has 1 aromatic carbocycles. The highest BCUT2D eigenvalue weighted by Gasteiger charge is 2.32. The van der Waals surface area contributed by atoms with Crippen LogP contribution >= 0.6 is 23.1 Å². The molecule has 7 nitrogen and oxygen atoms in total. The summed E-state index contributed by atoms with van der Waals surface area (Å²) >= 11 is 2.81. The lowest BCUT2D eigenvalue weighted by Gasteiger charge is -2.30. The third-order valence-electron chi connectivity index (χ3n) is 3.98. The summed E-state index contributed by atoms with van der Waals surface area (Å²) in [6.45, 7) is 7.65. The van der Waals surface area contributed by atoms with Crippen LogP contribution < -0.4 is 9.62 Å². The summed E-state index contributed by atoms with van der Waals surface area (Å²) in [4.78, 5) is 12.8. The summed E-state index contributed by atoms with van der Waals surface area (Å²) in [5, 5.41) is 11.0. The molecule has 1 heterocycles. The number of carbonyl (C=O) groups is 1. The van der Waals surface area contributed by atoms with E-state index in [-0.39, 0.29) is 0 Å². The molecule has 0 unspecified atom stereocenters. The Labute approximate surface area is 168 Å². The van der Waals surface area contributed by atoms with E-state index in [1.165, 1.54) is 27.4 Å². The number of hydrogen-bond donors (Lipinski definition) is 1. The molecule has 0 bridgehead atoms. The van der Waals surface area contributed by atoms with Gasteiger partial charge in [0.25, 0.3) is 0 Å². The van der Waals surface area contributed by atoms with E-state index in [2.05, 4.69) is 15.5 Å². The van der Waals surface area contributed by atoms with Crippen LogP contribution in [0.2, 0.25) is 0 Å². The summed E-state index contributed by atoms with van der Waals surface area (Å²) in [6.07, 6.45) is 1.43. The van der Waals surface area contributed by atoms with E-state index in [0.29, 0.717) is 17.2 Å². The van der Waals surface area contributed by atoms with Gasteiger partial charge in [0.2, 0.25) is 21.1 Å². The Morgan fingerprint density at radius 3 is 2.52 bits per heavy atom. The van der Waals surface area contributed by atoms with Crippen LogP contribution in [0.5, 0.6) is 0 Å². The van der Waals surface area contributed by atoms with Crippen molar-refractivity contribution in [1.29, 1.82) is 0 Å². The van der Waals surface area contributed by atoms with Gasteiger partial charge in [0.05, 0.1) is 11.9 Å². The third kappa shape index (κ3) is 5.43. The first-order valence-electron chi connectivity index (χ1n) is 8.51. The van der Waals surface area contributed by atoms with Crippen molar-refractivity contribution >= 4 is 49.8 Å². The zero-order valence-electron chi connectivity index (χ0n) is 16.0. The summed E-state index contributed by atoms with van der Waals surface area (Å²) < 4.78 is 26.9. The fraction of sp³-hybridized carbons (Fsp3) is 0.471. The Bertz CT molecular complexity index is 912. The second-order valence-corrected chi connectivity index (χ2v) is 10.4. The van der Waals surface area contributed by atoms with Crippen molar-refractivity contribution in [2.24, 2.45) is 0 Å². The minimum absolute atomic E-state index is 0.321. The van der Waals surface area contributed by atoms with Gasteiger partial charge < -0.3 is 0 Å². The molecular weight excluding hydrogens is 404 g/mol. The molecule has 0 fully saturated rings. The van der Waals surface area contributed by atoms with Crippen molar-refractivity contribution < 1.29 is 13.2 Å². The second kappa shape index (κ2) is 9.03. The number of aromatic nitrogens is 2. The van der Waals surface area contributed by atoms with Crippen LogP contribution in [0.1, 0.15) is 31.4 Å². The van der Waals surface area contributed by atoms with Crippen LogP contribution in [-0.2, 0) is 14.8 Å². The standard InChI is InChI=1S/C17H24N4O3S3/c1-6-14(15(22)18-16-19-20-17(26-16)25-7-2)21(27(5,23)24)13-9-8-11(3)12(4)10-13/h8-10,14H,6-7H2,1-5H3,(H,18,19,22)/t14-/m1/s1. The van der Waals surface area contributed by atoms with Gasteiger partial charge in [-0.05, 0) is 49.3 Å². The molecule has 0 aliphatic rings. The molecule has 1 amide bonds. The Balaban J connectivity index is 2.33. The molecule has 10 heteroatoms. The van der Waals surface area contributed by atoms with Crippen LogP contribution in [0.4, 0.5) is 10.8 Å². The molecule has 27 heavy (non-hydrogen) atoms. The van der Waals surface area contributed by atoms with Gasteiger partial charge >= 0.3 is 0 Å². The molecule has 0 aliphatic heterocycles. The first kappa shape index (κ1) is 21.6. The maximum atomic E-state index is 12.8. The van der Waals surface area contributed by atoms with E-state index in [0.717, 1.165) is 27.5 Å². The van der Waals surface area contributed by atoms with E-state index in [9.17, 15) is 13.2 Å². The molecule has 2 aromatic rings. The summed E-state index contributed by atoms with van der Waals surface area (Å²) in [5.74, 6) is 0.430. The predicted octanol–water partition coefficient (Wildman–Crippen LogP) is 3.45. The highest BCUT2D eigenvalue weighted by Crippen LogP contribution is 2.28. The van der Waals surface area contributed by atoms with E-state index in [1.54, 1.807) is 19.1 Å². The highest BCUT2D eigenvalue weighted by molar-refractivity contribution is 8.01. The molecule has 0 spiro atoms. The summed E-state index contributed by atoms with van der Waals surface area (Å²) in [7, 11) is -3.66. The van der Waals surface area contributed by atoms with Crippen molar-refractivity contribution in [1.82, 2.24) is 10.2 Å². The number of carbonyl (C=O) groups excluding carboxylic acids is 1. The van der Waals surface area contributed by atoms with Gasteiger partial charge in [0.15, 0.2) is 4.34 Å². The molecule has 1 aromatic heterocycles. The fourth-order valence-corrected chi connectivity index (χ4v) is 5.41. The van der Waals surface area contributed by atoms with Crippen molar-refractivity contribution in [3.63, 3.8) is 0 Å². The van der Waals surface area contributed by atoms with Gasteiger partial charge in [-0.15, -0.1) is 10.2 Å². The van der Waals surface area contributed by atoms with E-state index in [4.69, 9.17) is 0 Å². The number of nitrogens with zero attached hydrogens (tertiary/aromatic N) is 3. The first-order valence-corrected chi connectivity index (χ1v) is 12.2. The lowest BCUT2D eigenvalue weighted by atomic mass is 10.1. The van der Waals surface area contributed by atoms with Gasteiger partial charge in [0.1, 0.15) is 6.04 Å². The average molecular weight is 429 g/mol. The smallest absolute Gasteiger partial charge is 0.250 e. The van der Waals surface area contributed by atoms with Gasteiger partial charge in [-0.3, -0.25) is 14.4 Å². The van der Waals surface area contributed by atoms with Gasteiger partial charge in [0, 0.05) is 0 Å². The van der Waals surface area contributed by atoms with E-state index in [1.807, 2.05) is 26.8 Å². The Kier molecular flexibility index (Phi) is 7.24. The molecule has 148 valence electrons. The lowest BCUT2D eigenvalue weighted by Crippen LogP contribution is -2.47. The molecule has 0 radical (unpaired) electrons. The topological polar surface area (TPSA) is 92.3 Å². The van der Waals surface area contributed by atoms with Crippen LogP contribution in [0, 0.1) is 13.8 Å². The number of sulfonamides is 1. The number of rotatable bonds is 8. The van der Waals surface area contributed by atoms with E-state index >= 15 is 0 Å². The molecular formula is C17H24N4O3S3. The SMILES string of the molecule is CCSc1nnc(NC(=O)[C@@H](CC)N(c2ccc(C)c(C)c2)S(C)(=O)=O)s1. The van der Waals surface area contributed by atoms with Crippen LogP contribution in [-0.4, -0.2) is 42.6 Å². The van der Waals surface area contributed by atoms with Gasteiger partial charge in [-0.2, -0.15) is 0 Å². The summed E-state index contributed by atoms with van der Waals surface area (Å²) in [5.41, 5.74) is 2.49. The number of hydrogen-bond acceptors (Lipinski definition) is 7. The lowest BCUT2D eigenvalue weighted by molar-refractivity contribution is -0.117. The monoisotopic (exact) mass is 428 g/mol. The molecule has 2 rings (SSSR count).